The van der Waals surface area contributed by atoms with E-state index in [-0.39, 0.29) is 10.6 Å². The molecule has 0 aromatic carbocycles. The highest BCUT2D eigenvalue weighted by Gasteiger charge is 2.19. The Morgan fingerprint density at radius 3 is 2.29 bits per heavy atom. The molecule has 0 aliphatic carbocycles. The topological polar surface area (TPSA) is 44.3 Å². The van der Waals surface area contributed by atoms with Gasteiger partial charge in [0.05, 0.1) is 10.5 Å². The lowest BCUT2D eigenvalue weighted by atomic mass is 10.4. The third-order valence-corrected chi connectivity index (χ3v) is 2.46. The van der Waals surface area contributed by atoms with E-state index < -0.39 is 16.1 Å². The van der Waals surface area contributed by atoms with Crippen LogP contribution in [0.5, 0.6) is 0 Å². The molecule has 0 saturated carbocycles. The predicted molar refractivity (Wildman–Crippen MR) is 70.1 cm³/mol. The zero-order chi connectivity index (χ0) is 11.4. The first kappa shape index (κ1) is 15.5. The summed E-state index contributed by atoms with van der Waals surface area (Å²) in [6, 6.07) is 0. The van der Waals surface area contributed by atoms with E-state index in [4.69, 9.17) is 39.9 Å². The third kappa shape index (κ3) is 10.0. The van der Waals surface area contributed by atoms with Crippen LogP contribution in [0.25, 0.3) is 0 Å². The fourth-order valence-electron chi connectivity index (χ4n) is 0.741. The van der Waals surface area contributed by atoms with Gasteiger partial charge in [0.1, 0.15) is 9.74 Å². The lowest BCUT2D eigenvalue weighted by Crippen LogP contribution is -2.48. The van der Waals surface area contributed by atoms with Crippen LogP contribution in [-0.2, 0) is 0 Å². The van der Waals surface area contributed by atoms with Crippen LogP contribution in [0.15, 0.2) is 0 Å². The van der Waals surface area contributed by atoms with Crippen molar-refractivity contribution in [2.75, 3.05) is 0 Å². The van der Waals surface area contributed by atoms with Crippen LogP contribution in [0.1, 0.15) is 20.3 Å². The van der Waals surface area contributed by atoms with E-state index in [9.17, 15) is 0 Å². The number of aliphatic hydroxyl groups is 1. The Morgan fingerprint density at radius 1 is 1.43 bits per heavy atom. The Morgan fingerprint density at radius 2 is 1.93 bits per heavy atom. The largest absolute Gasteiger partial charge is 0.378 e. The smallest absolute Gasteiger partial charge is 0.130 e. The van der Waals surface area contributed by atoms with Crippen LogP contribution in [0.4, 0.5) is 0 Å². The summed E-state index contributed by atoms with van der Waals surface area (Å²) < 4.78 is -0.0852. The minimum atomic E-state index is -0.933. The Labute approximate surface area is 113 Å². The van der Waals surface area contributed by atoms with E-state index >= 15 is 0 Å². The van der Waals surface area contributed by atoms with Gasteiger partial charge in [-0.05, 0) is 36.4 Å². The monoisotopic (exact) mass is 374 g/mol. The second-order valence-electron chi connectivity index (χ2n) is 3.28. The predicted octanol–water partition coefficient (Wildman–Crippen LogP) is 2.37. The van der Waals surface area contributed by atoms with Crippen LogP contribution in [0, 0.1) is 0 Å². The summed E-state index contributed by atoms with van der Waals surface area (Å²) in [5.41, 5.74) is -1.33. The van der Waals surface area contributed by atoms with Crippen molar-refractivity contribution in [1.29, 1.82) is 0 Å². The Balaban J connectivity index is 3.76. The molecule has 3 N–H and O–H groups in total. The van der Waals surface area contributed by atoms with Gasteiger partial charge >= 0.3 is 0 Å². The van der Waals surface area contributed by atoms with Crippen molar-refractivity contribution in [1.82, 2.24) is 10.6 Å². The second kappa shape index (κ2) is 6.93. The van der Waals surface area contributed by atoms with Gasteiger partial charge < -0.3 is 5.11 Å². The normalized spacial score (nSPS) is 19.1. The zero-order valence-electron chi connectivity index (χ0n) is 7.90. The molecule has 0 amide bonds. The summed E-state index contributed by atoms with van der Waals surface area (Å²) in [6.45, 7) is 3.67. The summed E-state index contributed by atoms with van der Waals surface area (Å²) in [5.74, 6) is 0. The Kier molecular flexibility index (Phi) is 7.67. The standard InChI is InChI=1S/C7H14Cl3IN2O/c1-7(2,10)13-6(11)12-4(8)3-5(9)14/h4-6,12-14H,3H2,1-2H3/t4?,5-,6?/m1/s1. The van der Waals surface area contributed by atoms with Crippen molar-refractivity contribution >= 4 is 57.4 Å². The maximum atomic E-state index is 8.86. The Hall–Kier alpha value is 1.48. The summed E-state index contributed by atoms with van der Waals surface area (Å²) in [5, 5.41) is 14.9. The molecular weight excluding hydrogens is 361 g/mol. The molecule has 0 aromatic rings. The van der Waals surface area contributed by atoms with E-state index in [0.29, 0.717) is 0 Å². The fourth-order valence-corrected chi connectivity index (χ4v) is 3.02. The number of hydrogen-bond acceptors (Lipinski definition) is 3. The van der Waals surface area contributed by atoms with E-state index in [0.717, 1.165) is 0 Å². The SMILES string of the molecule is CC(C)(Cl)NC(I)NC(Cl)C[C@@H](O)Cl. The van der Waals surface area contributed by atoms with Crippen molar-refractivity contribution < 1.29 is 5.11 Å². The quantitative estimate of drug-likeness (QED) is 0.289. The highest BCUT2D eigenvalue weighted by molar-refractivity contribution is 14.1. The minimum absolute atomic E-state index is 0.0852. The molecule has 2 unspecified atom stereocenters. The first-order chi connectivity index (χ1) is 6.20. The number of nitrogens with one attached hydrogen (secondary N) is 2. The molecule has 0 aliphatic heterocycles. The highest BCUT2D eigenvalue weighted by Crippen LogP contribution is 2.13. The maximum absolute atomic E-state index is 8.86. The van der Waals surface area contributed by atoms with Gasteiger partial charge in [0, 0.05) is 6.42 Å². The molecular formula is C7H14Cl3IN2O. The fraction of sp³-hybridized carbons (Fsp3) is 1.00. The molecule has 0 bridgehead atoms. The van der Waals surface area contributed by atoms with Crippen LogP contribution < -0.4 is 10.6 Å². The molecule has 0 fully saturated rings. The van der Waals surface area contributed by atoms with Gasteiger partial charge in [-0.1, -0.05) is 11.6 Å². The van der Waals surface area contributed by atoms with Crippen molar-refractivity contribution in [3.05, 3.63) is 0 Å². The molecule has 0 saturated heterocycles. The zero-order valence-corrected chi connectivity index (χ0v) is 12.3. The van der Waals surface area contributed by atoms with Gasteiger partial charge in [-0.2, -0.15) is 0 Å². The molecule has 3 nitrogen and oxygen atoms in total. The molecule has 86 valence electrons. The van der Waals surface area contributed by atoms with Gasteiger partial charge in [-0.15, -0.1) is 23.2 Å². The van der Waals surface area contributed by atoms with E-state index in [1.54, 1.807) is 0 Å². The molecule has 14 heavy (non-hydrogen) atoms. The molecule has 0 aliphatic rings. The van der Waals surface area contributed by atoms with Gasteiger partial charge in [0.2, 0.25) is 0 Å². The Bertz CT molecular complexity index is 166. The molecule has 7 heteroatoms. The summed E-state index contributed by atoms with van der Waals surface area (Å²) in [6.07, 6.45) is 0.271. The summed E-state index contributed by atoms with van der Waals surface area (Å²) >= 11 is 19.3. The van der Waals surface area contributed by atoms with Crippen LogP contribution in [-0.4, -0.2) is 25.3 Å². The molecule has 3 atom stereocenters. The van der Waals surface area contributed by atoms with Crippen molar-refractivity contribution in [3.8, 4) is 0 Å². The van der Waals surface area contributed by atoms with Gasteiger partial charge in [0.15, 0.2) is 0 Å². The first-order valence-corrected chi connectivity index (χ1v) is 6.53. The molecule has 0 aromatic heterocycles. The van der Waals surface area contributed by atoms with Gasteiger partial charge in [-0.25, -0.2) is 0 Å². The number of alkyl halides is 4. The number of aliphatic hydroxyl groups excluding tert-OH is 1. The highest BCUT2D eigenvalue weighted by atomic mass is 127. The molecule has 0 spiro atoms. The van der Waals surface area contributed by atoms with Crippen molar-refractivity contribution in [3.63, 3.8) is 0 Å². The van der Waals surface area contributed by atoms with Crippen LogP contribution in [0.2, 0.25) is 0 Å². The summed E-state index contributed by atoms with van der Waals surface area (Å²) in [4.78, 5) is -0.505. The number of hydrogen-bond donors (Lipinski definition) is 3. The van der Waals surface area contributed by atoms with Crippen LogP contribution >= 0.6 is 57.4 Å². The van der Waals surface area contributed by atoms with E-state index in [2.05, 4.69) is 33.2 Å². The average molecular weight is 375 g/mol. The van der Waals surface area contributed by atoms with Crippen molar-refractivity contribution in [2.45, 2.75) is 40.5 Å². The summed E-state index contributed by atoms with van der Waals surface area (Å²) in [7, 11) is 0. The van der Waals surface area contributed by atoms with E-state index in [1.807, 2.05) is 13.8 Å². The maximum Gasteiger partial charge on any atom is 0.130 e. The first-order valence-electron chi connectivity index (χ1n) is 4.03. The van der Waals surface area contributed by atoms with Crippen molar-refractivity contribution in [2.24, 2.45) is 0 Å². The second-order valence-corrected chi connectivity index (χ2v) is 6.50. The number of rotatable bonds is 6. The van der Waals surface area contributed by atoms with E-state index in [1.165, 1.54) is 0 Å². The molecule has 0 rings (SSSR count). The lowest BCUT2D eigenvalue weighted by Gasteiger charge is -2.25. The van der Waals surface area contributed by atoms with Gasteiger partial charge in [-0.3, -0.25) is 10.6 Å². The molecule has 0 heterocycles. The molecule has 0 radical (unpaired) electrons. The number of halogens is 4. The minimum Gasteiger partial charge on any atom is -0.378 e. The van der Waals surface area contributed by atoms with Crippen LogP contribution in [0.3, 0.4) is 0 Å². The lowest BCUT2D eigenvalue weighted by molar-refractivity contribution is 0.237. The average Bonchev–Trinajstić information content (AvgIpc) is 1.77. The van der Waals surface area contributed by atoms with Gasteiger partial charge in [0.25, 0.3) is 0 Å². The third-order valence-electron chi connectivity index (χ3n) is 1.20.